The van der Waals surface area contributed by atoms with Gasteiger partial charge in [0.25, 0.3) is 0 Å². The molecule has 1 atom stereocenters. The van der Waals surface area contributed by atoms with Gasteiger partial charge in [0, 0.05) is 17.1 Å². The summed E-state index contributed by atoms with van der Waals surface area (Å²) in [6.45, 7) is 4.39. The van der Waals surface area contributed by atoms with Crippen LogP contribution in [-0.4, -0.2) is 7.85 Å². The molecule has 2 heteroatoms. The minimum Gasteiger partial charge on any atom is -0.311 e. The van der Waals surface area contributed by atoms with Crippen LogP contribution in [-0.2, 0) is 0 Å². The van der Waals surface area contributed by atoms with Crippen molar-refractivity contribution in [1.82, 2.24) is 0 Å². The molecule has 0 radical (unpaired) electrons. The Balaban J connectivity index is 1.71. The summed E-state index contributed by atoms with van der Waals surface area (Å²) in [5.41, 5.74) is 8.68. The van der Waals surface area contributed by atoms with Crippen molar-refractivity contribution >= 4 is 24.7 Å². The number of allylic oxidation sites excluding steroid dienone is 3. The predicted molar refractivity (Wildman–Crippen MR) is 124 cm³/mol. The maximum Gasteiger partial charge on any atom is 0.139 e. The first-order valence-corrected chi connectivity index (χ1v) is 10.0. The zero-order valence-corrected chi connectivity index (χ0v) is 16.9. The van der Waals surface area contributed by atoms with Crippen molar-refractivity contribution in [3.05, 3.63) is 102 Å². The molecule has 0 aliphatic heterocycles. The SMILES string of the molecule is Bc1ccc(-c2ccc(N(C3=CCC(C)C=C3)c3ccc(C)cc3)cc2)cc1. The summed E-state index contributed by atoms with van der Waals surface area (Å²) in [4.78, 5) is 2.35. The van der Waals surface area contributed by atoms with Crippen LogP contribution < -0.4 is 10.4 Å². The molecule has 1 aliphatic rings. The van der Waals surface area contributed by atoms with E-state index in [1.807, 2.05) is 0 Å². The monoisotopic (exact) mass is 363 g/mol. The molecule has 0 N–H and O–H groups in total. The third-order valence-corrected chi connectivity index (χ3v) is 5.36. The van der Waals surface area contributed by atoms with E-state index < -0.39 is 0 Å². The summed E-state index contributed by atoms with van der Waals surface area (Å²) in [6.07, 6.45) is 7.98. The highest BCUT2D eigenvalue weighted by Crippen LogP contribution is 2.34. The van der Waals surface area contributed by atoms with Gasteiger partial charge in [0.15, 0.2) is 0 Å². The van der Waals surface area contributed by atoms with Crippen molar-refractivity contribution in [2.75, 3.05) is 4.90 Å². The molecule has 4 rings (SSSR count). The van der Waals surface area contributed by atoms with Gasteiger partial charge in [0.1, 0.15) is 7.85 Å². The number of nitrogens with zero attached hydrogens (tertiary/aromatic N) is 1. The summed E-state index contributed by atoms with van der Waals surface area (Å²) in [5, 5.41) is 0. The van der Waals surface area contributed by atoms with Gasteiger partial charge in [-0.2, -0.15) is 0 Å². The zero-order chi connectivity index (χ0) is 19.5. The van der Waals surface area contributed by atoms with Gasteiger partial charge in [-0.15, -0.1) is 0 Å². The van der Waals surface area contributed by atoms with Crippen LogP contribution in [0.5, 0.6) is 0 Å². The van der Waals surface area contributed by atoms with E-state index in [1.165, 1.54) is 39.2 Å². The molecule has 3 aromatic carbocycles. The Hall–Kier alpha value is -3.00. The molecular weight excluding hydrogens is 337 g/mol. The van der Waals surface area contributed by atoms with Crippen molar-refractivity contribution < 1.29 is 0 Å². The standard InChI is InChI=1S/C26H26BN/c1-19-3-13-24(14-4-19)28(25-15-5-20(2)6-16-25)26-17-9-22(10-18-26)21-7-11-23(27)12-8-21/h3-5,7-18,20H,6,27H2,1-2H3. The van der Waals surface area contributed by atoms with E-state index in [2.05, 4.69) is 118 Å². The molecule has 0 fully saturated rings. The number of hydrogen-bond acceptors (Lipinski definition) is 1. The first-order chi connectivity index (χ1) is 13.6. The summed E-state index contributed by atoms with van der Waals surface area (Å²) in [5.74, 6) is 0.604. The highest BCUT2D eigenvalue weighted by molar-refractivity contribution is 6.32. The van der Waals surface area contributed by atoms with Gasteiger partial charge in [-0.3, -0.25) is 0 Å². The Bertz CT molecular complexity index is 996. The Morgan fingerprint density at radius 2 is 1.32 bits per heavy atom. The topological polar surface area (TPSA) is 3.24 Å². The minimum atomic E-state index is 0.604. The van der Waals surface area contributed by atoms with Crippen LogP contribution in [0, 0.1) is 12.8 Å². The van der Waals surface area contributed by atoms with Gasteiger partial charge in [0.05, 0.1) is 0 Å². The zero-order valence-electron chi connectivity index (χ0n) is 16.9. The van der Waals surface area contributed by atoms with Crippen LogP contribution in [0.25, 0.3) is 11.1 Å². The normalized spacial score (nSPS) is 15.9. The van der Waals surface area contributed by atoms with Gasteiger partial charge < -0.3 is 4.90 Å². The number of benzene rings is 3. The summed E-state index contributed by atoms with van der Waals surface area (Å²) in [6, 6.07) is 26.4. The molecule has 0 amide bonds. The summed E-state index contributed by atoms with van der Waals surface area (Å²) < 4.78 is 0. The average Bonchev–Trinajstić information content (AvgIpc) is 2.72. The molecule has 0 saturated heterocycles. The molecule has 28 heavy (non-hydrogen) atoms. The van der Waals surface area contributed by atoms with Gasteiger partial charge in [-0.1, -0.05) is 78.6 Å². The molecule has 1 aliphatic carbocycles. The molecule has 0 bridgehead atoms. The van der Waals surface area contributed by atoms with E-state index in [1.54, 1.807) is 0 Å². The van der Waals surface area contributed by atoms with Crippen molar-refractivity contribution in [2.45, 2.75) is 20.3 Å². The van der Waals surface area contributed by atoms with Crippen LogP contribution in [0.15, 0.2) is 96.7 Å². The number of aryl methyl sites for hydroxylation is 1. The van der Waals surface area contributed by atoms with E-state index in [0.717, 1.165) is 6.42 Å². The largest absolute Gasteiger partial charge is 0.311 e. The minimum absolute atomic E-state index is 0.604. The second-order valence-electron chi connectivity index (χ2n) is 7.78. The van der Waals surface area contributed by atoms with Crippen molar-refractivity contribution in [1.29, 1.82) is 0 Å². The van der Waals surface area contributed by atoms with Crippen molar-refractivity contribution in [3.63, 3.8) is 0 Å². The molecule has 138 valence electrons. The van der Waals surface area contributed by atoms with Crippen LogP contribution in [0.3, 0.4) is 0 Å². The Kier molecular flexibility index (Phi) is 5.21. The maximum atomic E-state index is 2.35. The molecule has 1 nitrogen and oxygen atoms in total. The average molecular weight is 363 g/mol. The molecule has 0 heterocycles. The van der Waals surface area contributed by atoms with Gasteiger partial charge >= 0.3 is 0 Å². The second kappa shape index (κ2) is 7.94. The van der Waals surface area contributed by atoms with Gasteiger partial charge in [-0.05, 0) is 60.7 Å². The quantitative estimate of drug-likeness (QED) is 0.550. The van der Waals surface area contributed by atoms with Crippen LogP contribution in [0.2, 0.25) is 0 Å². The fraction of sp³-hybridized carbons (Fsp3) is 0.154. The Morgan fingerprint density at radius 3 is 1.86 bits per heavy atom. The third kappa shape index (κ3) is 3.96. The van der Waals surface area contributed by atoms with Gasteiger partial charge in [0.2, 0.25) is 0 Å². The lowest BCUT2D eigenvalue weighted by Crippen LogP contribution is -2.17. The summed E-state index contributed by atoms with van der Waals surface area (Å²) >= 11 is 0. The lowest BCUT2D eigenvalue weighted by atomic mass is 9.93. The molecule has 0 saturated carbocycles. The highest BCUT2D eigenvalue weighted by atomic mass is 15.1. The lowest BCUT2D eigenvalue weighted by Gasteiger charge is -2.28. The van der Waals surface area contributed by atoms with E-state index >= 15 is 0 Å². The van der Waals surface area contributed by atoms with Crippen LogP contribution in [0.4, 0.5) is 11.4 Å². The molecule has 3 aromatic rings. The predicted octanol–water partition coefficient (Wildman–Crippen LogP) is 5.54. The highest BCUT2D eigenvalue weighted by Gasteiger charge is 2.15. The molecule has 0 spiro atoms. The fourth-order valence-corrected chi connectivity index (χ4v) is 3.57. The second-order valence-corrected chi connectivity index (χ2v) is 7.78. The van der Waals surface area contributed by atoms with Crippen LogP contribution >= 0.6 is 0 Å². The molecule has 0 aromatic heterocycles. The number of anilines is 2. The van der Waals surface area contributed by atoms with E-state index in [0.29, 0.717) is 5.92 Å². The first kappa shape index (κ1) is 18.4. The van der Waals surface area contributed by atoms with Gasteiger partial charge in [-0.25, -0.2) is 0 Å². The maximum absolute atomic E-state index is 2.35. The molecular formula is C26H26BN. The van der Waals surface area contributed by atoms with Crippen LogP contribution in [0.1, 0.15) is 18.9 Å². The summed E-state index contributed by atoms with van der Waals surface area (Å²) in [7, 11) is 2.12. The number of hydrogen-bond donors (Lipinski definition) is 0. The van der Waals surface area contributed by atoms with Crippen molar-refractivity contribution in [2.24, 2.45) is 5.92 Å². The van der Waals surface area contributed by atoms with Crippen molar-refractivity contribution in [3.8, 4) is 11.1 Å². The molecule has 1 unspecified atom stereocenters. The lowest BCUT2D eigenvalue weighted by molar-refractivity contribution is 0.728. The van der Waals surface area contributed by atoms with E-state index in [-0.39, 0.29) is 0 Å². The number of rotatable bonds is 4. The first-order valence-electron chi connectivity index (χ1n) is 10.0. The Labute approximate surface area is 169 Å². The van der Waals surface area contributed by atoms with E-state index in [4.69, 9.17) is 0 Å². The Morgan fingerprint density at radius 1 is 0.786 bits per heavy atom. The van der Waals surface area contributed by atoms with E-state index in [9.17, 15) is 0 Å². The smallest absolute Gasteiger partial charge is 0.139 e. The fourth-order valence-electron chi connectivity index (χ4n) is 3.57. The third-order valence-electron chi connectivity index (χ3n) is 5.36.